The van der Waals surface area contributed by atoms with Crippen molar-refractivity contribution in [3.05, 3.63) is 71.7 Å². The predicted octanol–water partition coefficient (Wildman–Crippen LogP) is 4.97. The number of benzene rings is 1. The third kappa shape index (κ3) is 4.92. The molecule has 0 radical (unpaired) electrons. The largest absolute Gasteiger partial charge is 0.354 e. The fourth-order valence-electron chi connectivity index (χ4n) is 4.27. The van der Waals surface area contributed by atoms with Crippen LogP contribution in [0, 0.1) is 18.7 Å². The lowest BCUT2D eigenvalue weighted by Crippen LogP contribution is -2.31. The molecular weight excluding hydrogens is 417 g/mol. The number of imidazole rings is 1. The first-order chi connectivity index (χ1) is 16.0. The highest BCUT2D eigenvalue weighted by Gasteiger charge is 2.29. The van der Waals surface area contributed by atoms with Crippen LogP contribution in [0.25, 0.3) is 0 Å². The van der Waals surface area contributed by atoms with Crippen LogP contribution in [0.2, 0.25) is 0 Å². The van der Waals surface area contributed by atoms with E-state index in [1.807, 2.05) is 31.5 Å². The van der Waals surface area contributed by atoms with E-state index >= 15 is 0 Å². The lowest BCUT2D eigenvalue weighted by Gasteiger charge is -2.24. The molecule has 172 valence electrons. The number of hydrogen-bond acceptors (Lipinski definition) is 4. The van der Waals surface area contributed by atoms with Crippen molar-refractivity contribution in [1.29, 1.82) is 0 Å². The Balaban J connectivity index is 1.40. The minimum Gasteiger partial charge on any atom is -0.354 e. The monoisotopic (exact) mass is 447 g/mol. The second kappa shape index (κ2) is 8.96. The number of amides is 1. The Bertz CT molecular complexity index is 1120. The minimum atomic E-state index is -0.332. The molecule has 33 heavy (non-hydrogen) atoms. The van der Waals surface area contributed by atoms with E-state index in [0.29, 0.717) is 29.9 Å². The van der Waals surface area contributed by atoms with Gasteiger partial charge in [0.25, 0.3) is 5.91 Å². The molecule has 5 rings (SSSR count). The van der Waals surface area contributed by atoms with Crippen molar-refractivity contribution in [2.45, 2.75) is 58.7 Å². The van der Waals surface area contributed by atoms with Gasteiger partial charge in [-0.2, -0.15) is 0 Å². The maximum Gasteiger partial charge on any atom is 0.278 e. The van der Waals surface area contributed by atoms with Crippen molar-refractivity contribution < 1.29 is 9.18 Å². The Kier molecular flexibility index (Phi) is 5.87. The van der Waals surface area contributed by atoms with Crippen molar-refractivity contribution in [2.24, 2.45) is 5.92 Å². The van der Waals surface area contributed by atoms with Gasteiger partial charge in [-0.05, 0) is 81.3 Å². The molecule has 2 aromatic heterocycles. The van der Waals surface area contributed by atoms with E-state index < -0.39 is 0 Å². The number of aryl methyl sites for hydroxylation is 1. The zero-order valence-electron chi connectivity index (χ0n) is 19.2. The van der Waals surface area contributed by atoms with Crippen LogP contribution >= 0.6 is 0 Å². The lowest BCUT2D eigenvalue weighted by molar-refractivity contribution is 0.0980. The molecule has 0 saturated heterocycles. The normalized spacial score (nSPS) is 15.5. The molecule has 7 heteroatoms. The molecule has 6 nitrogen and oxygen atoms in total. The molecule has 2 fully saturated rings. The molecule has 2 heterocycles. The standard InChI is InChI=1S/C26H30FN5O/c1-3-31(22-11-12-22)25-13-6-20(14-28-25)16-32(23-9-7-21(27)8-10-23)26(33)24-17-30(18(2)29-24)15-19-4-5-19/h6-10,13-14,17,19,22H,3-5,11-12,15-16H2,1-2H3. The fraction of sp³-hybridized carbons (Fsp3) is 0.423. The number of aromatic nitrogens is 3. The van der Waals surface area contributed by atoms with E-state index in [9.17, 15) is 9.18 Å². The van der Waals surface area contributed by atoms with E-state index in [-0.39, 0.29) is 11.7 Å². The third-order valence-electron chi connectivity index (χ3n) is 6.50. The van der Waals surface area contributed by atoms with Gasteiger partial charge in [0.2, 0.25) is 0 Å². The van der Waals surface area contributed by atoms with E-state index in [4.69, 9.17) is 0 Å². The summed E-state index contributed by atoms with van der Waals surface area (Å²) in [6, 6.07) is 10.7. The lowest BCUT2D eigenvalue weighted by atomic mass is 10.2. The van der Waals surface area contributed by atoms with Gasteiger partial charge in [-0.25, -0.2) is 14.4 Å². The summed E-state index contributed by atoms with van der Waals surface area (Å²) in [5.74, 6) is 1.97. The van der Waals surface area contributed by atoms with Gasteiger partial charge in [-0.3, -0.25) is 4.79 Å². The van der Waals surface area contributed by atoms with E-state index in [0.717, 1.165) is 30.3 Å². The summed E-state index contributed by atoms with van der Waals surface area (Å²) in [5.41, 5.74) is 1.96. The van der Waals surface area contributed by atoms with Crippen LogP contribution in [0.1, 0.15) is 54.5 Å². The Hall–Kier alpha value is -3.22. The van der Waals surface area contributed by atoms with E-state index in [1.54, 1.807) is 17.0 Å². The second-order valence-corrected chi connectivity index (χ2v) is 9.18. The van der Waals surface area contributed by atoms with Gasteiger partial charge in [-0.15, -0.1) is 0 Å². The molecule has 0 aliphatic heterocycles. The van der Waals surface area contributed by atoms with Crippen molar-refractivity contribution in [1.82, 2.24) is 14.5 Å². The Morgan fingerprint density at radius 2 is 1.88 bits per heavy atom. The summed E-state index contributed by atoms with van der Waals surface area (Å²) in [6.07, 6.45) is 8.60. The molecule has 0 bridgehead atoms. The smallest absolute Gasteiger partial charge is 0.278 e. The van der Waals surface area contributed by atoms with Crippen molar-refractivity contribution >= 4 is 17.4 Å². The van der Waals surface area contributed by atoms with Gasteiger partial charge in [0.05, 0.1) is 6.54 Å². The zero-order chi connectivity index (χ0) is 22.9. The number of hydrogen-bond donors (Lipinski definition) is 0. The molecule has 0 unspecified atom stereocenters. The molecule has 1 amide bonds. The molecule has 0 spiro atoms. The topological polar surface area (TPSA) is 54.3 Å². The van der Waals surface area contributed by atoms with E-state index in [1.165, 1.54) is 37.8 Å². The van der Waals surface area contributed by atoms with Gasteiger partial charge in [0.1, 0.15) is 23.2 Å². The average molecular weight is 448 g/mol. The van der Waals surface area contributed by atoms with Crippen LogP contribution < -0.4 is 9.80 Å². The summed E-state index contributed by atoms with van der Waals surface area (Å²) in [7, 11) is 0. The molecule has 2 aliphatic carbocycles. The number of carbonyl (C=O) groups excluding carboxylic acids is 1. The van der Waals surface area contributed by atoms with Crippen molar-refractivity contribution in [3.63, 3.8) is 0 Å². The first kappa shape index (κ1) is 21.6. The Morgan fingerprint density at radius 1 is 1.12 bits per heavy atom. The highest BCUT2D eigenvalue weighted by Crippen LogP contribution is 2.32. The quantitative estimate of drug-likeness (QED) is 0.465. The molecular formula is C26H30FN5O. The highest BCUT2D eigenvalue weighted by atomic mass is 19.1. The highest BCUT2D eigenvalue weighted by molar-refractivity contribution is 6.04. The molecule has 0 N–H and O–H groups in total. The van der Waals surface area contributed by atoms with Crippen LogP contribution in [0.4, 0.5) is 15.9 Å². The SMILES string of the molecule is CCN(c1ccc(CN(C(=O)c2cn(CC3CC3)c(C)n2)c2ccc(F)cc2)cn1)C1CC1. The van der Waals surface area contributed by atoms with Gasteiger partial charge >= 0.3 is 0 Å². The predicted molar refractivity (Wildman–Crippen MR) is 127 cm³/mol. The molecule has 3 aromatic rings. The number of anilines is 2. The van der Waals surface area contributed by atoms with Crippen LogP contribution in [0.5, 0.6) is 0 Å². The molecule has 2 aliphatic rings. The maximum absolute atomic E-state index is 13.6. The zero-order valence-corrected chi connectivity index (χ0v) is 19.2. The van der Waals surface area contributed by atoms with Gasteiger partial charge in [-0.1, -0.05) is 6.07 Å². The van der Waals surface area contributed by atoms with Crippen LogP contribution in [0.3, 0.4) is 0 Å². The van der Waals surface area contributed by atoms with Crippen LogP contribution in [-0.2, 0) is 13.1 Å². The minimum absolute atomic E-state index is 0.198. The summed E-state index contributed by atoms with van der Waals surface area (Å²) in [6.45, 7) is 6.25. The fourth-order valence-corrected chi connectivity index (χ4v) is 4.27. The van der Waals surface area contributed by atoms with Crippen LogP contribution in [0.15, 0.2) is 48.8 Å². The average Bonchev–Trinajstić information content (AvgIpc) is 3.75. The summed E-state index contributed by atoms with van der Waals surface area (Å²) in [5, 5.41) is 0. The second-order valence-electron chi connectivity index (χ2n) is 9.18. The van der Waals surface area contributed by atoms with Crippen molar-refractivity contribution in [2.75, 3.05) is 16.3 Å². The third-order valence-corrected chi connectivity index (χ3v) is 6.50. The first-order valence-corrected chi connectivity index (χ1v) is 11.8. The first-order valence-electron chi connectivity index (χ1n) is 11.8. The number of rotatable bonds is 9. The summed E-state index contributed by atoms with van der Waals surface area (Å²) >= 11 is 0. The molecule has 0 atom stereocenters. The Morgan fingerprint density at radius 3 is 2.48 bits per heavy atom. The number of carbonyl (C=O) groups is 1. The maximum atomic E-state index is 13.6. The van der Waals surface area contributed by atoms with Crippen molar-refractivity contribution in [3.8, 4) is 0 Å². The summed E-state index contributed by atoms with van der Waals surface area (Å²) in [4.78, 5) is 26.7. The Labute approximate surface area is 194 Å². The summed E-state index contributed by atoms with van der Waals surface area (Å²) < 4.78 is 15.6. The van der Waals surface area contributed by atoms with E-state index in [2.05, 4.69) is 26.4 Å². The molecule has 2 saturated carbocycles. The number of nitrogens with zero attached hydrogens (tertiary/aromatic N) is 5. The van der Waals surface area contributed by atoms with Crippen LogP contribution in [-0.4, -0.2) is 33.0 Å². The molecule has 1 aromatic carbocycles. The number of pyridine rings is 1. The van der Waals surface area contributed by atoms with Gasteiger partial charge in [0.15, 0.2) is 0 Å². The van der Waals surface area contributed by atoms with Gasteiger partial charge in [0, 0.05) is 37.2 Å². The number of halogens is 1. The van der Waals surface area contributed by atoms with Gasteiger partial charge < -0.3 is 14.4 Å².